The Kier molecular flexibility index (Phi) is 4.36. The van der Waals surface area contributed by atoms with Gasteiger partial charge in [-0.3, -0.25) is 9.36 Å². The second-order valence-electron chi connectivity index (χ2n) is 5.54. The highest BCUT2D eigenvalue weighted by atomic mass is 16.4. The van der Waals surface area contributed by atoms with Gasteiger partial charge in [0, 0.05) is 25.1 Å². The van der Waals surface area contributed by atoms with Gasteiger partial charge in [0.25, 0.3) is 0 Å². The minimum Gasteiger partial charge on any atom is -0.480 e. The number of nitrogens with zero attached hydrogens (tertiary/aromatic N) is 4. The monoisotopic (exact) mass is 314 g/mol. The van der Waals surface area contributed by atoms with Crippen molar-refractivity contribution >= 4 is 11.9 Å². The number of carbonyl (C=O) groups is 2. The van der Waals surface area contributed by atoms with Crippen LogP contribution in [0.25, 0.3) is 5.69 Å². The fourth-order valence-corrected chi connectivity index (χ4v) is 2.92. The molecule has 1 aliphatic heterocycles. The lowest BCUT2D eigenvalue weighted by Crippen LogP contribution is -2.40. The number of aliphatic carboxylic acids is 1. The highest BCUT2D eigenvalue weighted by Gasteiger charge is 2.33. The molecule has 0 radical (unpaired) electrons. The molecule has 1 aromatic heterocycles. The maximum Gasteiger partial charge on any atom is 0.326 e. The summed E-state index contributed by atoms with van der Waals surface area (Å²) in [7, 11) is 0. The topological polar surface area (TPSA) is 88.3 Å². The van der Waals surface area contributed by atoms with Crippen LogP contribution in [0.1, 0.15) is 25.1 Å². The molecule has 2 aromatic rings. The van der Waals surface area contributed by atoms with Crippen molar-refractivity contribution in [3.05, 3.63) is 42.5 Å². The number of carboxylic acids is 1. The van der Waals surface area contributed by atoms with Gasteiger partial charge in [0.05, 0.1) is 0 Å². The number of para-hydroxylation sites is 1. The van der Waals surface area contributed by atoms with E-state index in [0.29, 0.717) is 25.2 Å². The fraction of sp³-hybridized carbons (Fsp3) is 0.375. The third kappa shape index (κ3) is 3.23. The summed E-state index contributed by atoms with van der Waals surface area (Å²) in [6, 6.07) is 8.97. The van der Waals surface area contributed by atoms with Gasteiger partial charge in [-0.15, -0.1) is 10.2 Å². The van der Waals surface area contributed by atoms with Crippen LogP contribution in [0.4, 0.5) is 0 Å². The van der Waals surface area contributed by atoms with Gasteiger partial charge in [0.1, 0.15) is 18.2 Å². The van der Waals surface area contributed by atoms with E-state index in [0.717, 1.165) is 12.1 Å². The van der Waals surface area contributed by atoms with Crippen LogP contribution in [0, 0.1) is 0 Å². The largest absolute Gasteiger partial charge is 0.480 e. The summed E-state index contributed by atoms with van der Waals surface area (Å²) in [5, 5.41) is 17.1. The van der Waals surface area contributed by atoms with Crippen molar-refractivity contribution < 1.29 is 14.7 Å². The first kappa shape index (κ1) is 15.2. The van der Waals surface area contributed by atoms with E-state index in [2.05, 4.69) is 10.2 Å². The van der Waals surface area contributed by atoms with E-state index in [9.17, 15) is 9.59 Å². The third-order valence-corrected chi connectivity index (χ3v) is 4.07. The van der Waals surface area contributed by atoms with E-state index in [-0.39, 0.29) is 12.3 Å². The van der Waals surface area contributed by atoms with Gasteiger partial charge in [-0.05, 0) is 25.0 Å². The average molecular weight is 314 g/mol. The lowest BCUT2D eigenvalue weighted by Gasteiger charge is -2.21. The van der Waals surface area contributed by atoms with Gasteiger partial charge in [0.2, 0.25) is 5.91 Å². The van der Waals surface area contributed by atoms with Crippen LogP contribution in [0.2, 0.25) is 0 Å². The minimum atomic E-state index is -0.927. The first-order valence-electron chi connectivity index (χ1n) is 7.63. The minimum absolute atomic E-state index is 0.141. The molecule has 1 aliphatic rings. The highest BCUT2D eigenvalue weighted by molar-refractivity contribution is 5.84. The molecule has 2 heterocycles. The number of carbonyl (C=O) groups excluding carboxylic acids is 1. The Balaban J connectivity index is 1.66. The molecule has 0 bridgehead atoms. The van der Waals surface area contributed by atoms with E-state index in [1.807, 2.05) is 34.9 Å². The highest BCUT2D eigenvalue weighted by Crippen LogP contribution is 2.19. The van der Waals surface area contributed by atoms with Crippen molar-refractivity contribution in [3.63, 3.8) is 0 Å². The van der Waals surface area contributed by atoms with E-state index in [1.165, 1.54) is 4.90 Å². The summed E-state index contributed by atoms with van der Waals surface area (Å²) in [6.07, 6.45) is 3.54. The van der Waals surface area contributed by atoms with Crippen molar-refractivity contribution in [1.82, 2.24) is 19.7 Å². The van der Waals surface area contributed by atoms with Crippen LogP contribution >= 0.6 is 0 Å². The standard InChI is InChI=1S/C16H18N4O3/c21-15(19-10-4-7-13(19)16(22)23)9-8-14-18-17-11-20(14)12-5-2-1-3-6-12/h1-3,5-6,11,13H,4,7-10H2,(H,22,23)/t13-/m1/s1. The molecule has 1 atom stereocenters. The van der Waals surface area contributed by atoms with Crippen molar-refractivity contribution in [3.8, 4) is 5.69 Å². The quantitative estimate of drug-likeness (QED) is 0.898. The van der Waals surface area contributed by atoms with Crippen LogP contribution in [0.3, 0.4) is 0 Å². The Labute approximate surface area is 133 Å². The van der Waals surface area contributed by atoms with Gasteiger partial charge in [-0.1, -0.05) is 18.2 Å². The summed E-state index contributed by atoms with van der Waals surface area (Å²) in [5.41, 5.74) is 0.935. The number of benzene rings is 1. The predicted octanol–water partition coefficient (Wildman–Crippen LogP) is 1.28. The van der Waals surface area contributed by atoms with Crippen molar-refractivity contribution in [2.75, 3.05) is 6.54 Å². The van der Waals surface area contributed by atoms with E-state index in [1.54, 1.807) is 6.33 Å². The van der Waals surface area contributed by atoms with Crippen molar-refractivity contribution in [2.45, 2.75) is 31.7 Å². The van der Waals surface area contributed by atoms with Crippen molar-refractivity contribution in [2.24, 2.45) is 0 Å². The predicted molar refractivity (Wildman–Crippen MR) is 82.1 cm³/mol. The van der Waals surface area contributed by atoms with Crippen molar-refractivity contribution in [1.29, 1.82) is 0 Å². The molecule has 1 fully saturated rings. The van der Waals surface area contributed by atoms with Crippen LogP contribution < -0.4 is 0 Å². The molecule has 7 nitrogen and oxygen atoms in total. The lowest BCUT2D eigenvalue weighted by molar-refractivity contribution is -0.148. The Morgan fingerprint density at radius 2 is 2.04 bits per heavy atom. The van der Waals surface area contributed by atoms with Gasteiger partial charge < -0.3 is 10.0 Å². The smallest absolute Gasteiger partial charge is 0.326 e. The Hall–Kier alpha value is -2.70. The van der Waals surface area contributed by atoms with Crippen LogP contribution in [-0.2, 0) is 16.0 Å². The van der Waals surface area contributed by atoms with Gasteiger partial charge in [-0.25, -0.2) is 4.79 Å². The number of aromatic nitrogens is 3. The number of likely N-dealkylation sites (tertiary alicyclic amines) is 1. The summed E-state index contributed by atoms with van der Waals surface area (Å²) < 4.78 is 1.84. The first-order chi connectivity index (χ1) is 11.2. The number of rotatable bonds is 5. The van der Waals surface area contributed by atoms with Gasteiger partial charge >= 0.3 is 5.97 Å². The number of hydrogen-bond acceptors (Lipinski definition) is 4. The summed E-state index contributed by atoms with van der Waals surface area (Å²) in [6.45, 7) is 0.515. The Bertz CT molecular complexity index is 698. The molecule has 1 saturated heterocycles. The molecule has 3 rings (SSSR count). The van der Waals surface area contributed by atoms with E-state index >= 15 is 0 Å². The van der Waals surface area contributed by atoms with Gasteiger partial charge in [-0.2, -0.15) is 0 Å². The zero-order chi connectivity index (χ0) is 16.2. The van der Waals surface area contributed by atoms with Crippen LogP contribution in [0.15, 0.2) is 36.7 Å². The average Bonchev–Trinajstić information content (AvgIpc) is 3.22. The number of aryl methyl sites for hydroxylation is 1. The molecule has 23 heavy (non-hydrogen) atoms. The maximum atomic E-state index is 12.3. The second kappa shape index (κ2) is 6.60. The first-order valence-corrected chi connectivity index (χ1v) is 7.63. The molecule has 0 saturated carbocycles. The third-order valence-electron chi connectivity index (χ3n) is 4.07. The zero-order valence-electron chi connectivity index (χ0n) is 12.6. The molecule has 120 valence electrons. The van der Waals surface area contributed by atoms with Crippen LogP contribution in [-0.4, -0.2) is 49.2 Å². The van der Waals surface area contributed by atoms with Crippen LogP contribution in [0.5, 0.6) is 0 Å². The molecule has 1 N–H and O–H groups in total. The summed E-state index contributed by atoms with van der Waals surface area (Å²) in [5.74, 6) is -0.378. The second-order valence-corrected chi connectivity index (χ2v) is 5.54. The maximum absolute atomic E-state index is 12.3. The summed E-state index contributed by atoms with van der Waals surface area (Å²) >= 11 is 0. The molecule has 1 amide bonds. The molecule has 1 aromatic carbocycles. The van der Waals surface area contributed by atoms with E-state index < -0.39 is 12.0 Å². The fourth-order valence-electron chi connectivity index (χ4n) is 2.92. The molecular weight excluding hydrogens is 296 g/mol. The normalized spacial score (nSPS) is 17.4. The van der Waals surface area contributed by atoms with E-state index in [4.69, 9.17) is 5.11 Å². The molecule has 7 heteroatoms. The molecule has 0 spiro atoms. The number of hydrogen-bond donors (Lipinski definition) is 1. The van der Waals surface area contributed by atoms with Gasteiger partial charge in [0.15, 0.2) is 0 Å². The zero-order valence-corrected chi connectivity index (χ0v) is 12.6. The lowest BCUT2D eigenvalue weighted by atomic mass is 10.2. The molecular formula is C16H18N4O3. The summed E-state index contributed by atoms with van der Waals surface area (Å²) in [4.78, 5) is 24.9. The number of amides is 1. The SMILES string of the molecule is O=C(O)[C@H]1CCCN1C(=O)CCc1nncn1-c1ccccc1. The number of carboxylic acid groups (broad SMARTS) is 1. The molecule has 0 aliphatic carbocycles. The Morgan fingerprint density at radius 1 is 1.26 bits per heavy atom. The molecule has 0 unspecified atom stereocenters. The Morgan fingerprint density at radius 3 is 2.78 bits per heavy atom.